The summed E-state index contributed by atoms with van der Waals surface area (Å²) in [5.41, 5.74) is -0.0848. The maximum atomic E-state index is 12.6. The fourth-order valence-corrected chi connectivity index (χ4v) is 1.84. The first-order valence-electron chi connectivity index (χ1n) is 6.00. The predicted molar refractivity (Wildman–Crippen MR) is 70.9 cm³/mol. The molecule has 0 atom stereocenters. The van der Waals surface area contributed by atoms with Crippen molar-refractivity contribution in [1.82, 2.24) is 15.0 Å². The number of halogens is 4. The fourth-order valence-electron chi connectivity index (χ4n) is 1.65. The van der Waals surface area contributed by atoms with Gasteiger partial charge in [0.15, 0.2) is 0 Å². The molecule has 21 heavy (non-hydrogen) atoms. The van der Waals surface area contributed by atoms with E-state index in [4.69, 9.17) is 16.7 Å². The van der Waals surface area contributed by atoms with Crippen LogP contribution in [0.1, 0.15) is 11.3 Å². The molecule has 114 valence electrons. The van der Waals surface area contributed by atoms with Crippen molar-refractivity contribution < 1.29 is 18.3 Å². The van der Waals surface area contributed by atoms with E-state index in [1.165, 1.54) is 10.7 Å². The molecule has 2 aromatic rings. The van der Waals surface area contributed by atoms with Crippen molar-refractivity contribution in [3.8, 4) is 0 Å². The van der Waals surface area contributed by atoms with E-state index < -0.39 is 11.7 Å². The van der Waals surface area contributed by atoms with Crippen molar-refractivity contribution in [2.24, 2.45) is 0 Å². The molecular formula is C12H12ClF3N4O. The van der Waals surface area contributed by atoms with Gasteiger partial charge in [0.25, 0.3) is 0 Å². The van der Waals surface area contributed by atoms with Crippen LogP contribution >= 0.6 is 11.6 Å². The van der Waals surface area contributed by atoms with Crippen LogP contribution in [0.2, 0.25) is 5.02 Å². The molecule has 2 rings (SSSR count). The summed E-state index contributed by atoms with van der Waals surface area (Å²) in [4.78, 5) is 0. The lowest BCUT2D eigenvalue weighted by molar-refractivity contribution is -0.137. The molecule has 9 heteroatoms. The summed E-state index contributed by atoms with van der Waals surface area (Å²) in [6.07, 6.45) is -2.84. The number of hydrogen-bond acceptors (Lipinski definition) is 4. The van der Waals surface area contributed by atoms with Crippen molar-refractivity contribution in [3.63, 3.8) is 0 Å². The number of rotatable bonds is 5. The monoisotopic (exact) mass is 320 g/mol. The van der Waals surface area contributed by atoms with Gasteiger partial charge < -0.3 is 10.4 Å². The maximum absolute atomic E-state index is 12.6. The lowest BCUT2D eigenvalue weighted by atomic mass is 10.2. The zero-order chi connectivity index (χ0) is 15.5. The van der Waals surface area contributed by atoms with Crippen LogP contribution in [0.15, 0.2) is 24.4 Å². The number of aliphatic hydroxyl groups excluding tert-OH is 1. The smallest absolute Gasteiger partial charge is 0.394 e. The lowest BCUT2D eigenvalue weighted by Crippen LogP contribution is -2.07. The Labute approximate surface area is 123 Å². The molecule has 5 nitrogen and oxygen atoms in total. The Morgan fingerprint density at radius 3 is 2.76 bits per heavy atom. The topological polar surface area (TPSA) is 63.0 Å². The van der Waals surface area contributed by atoms with Crippen LogP contribution in [0.25, 0.3) is 0 Å². The Hall–Kier alpha value is -1.80. The molecule has 0 aliphatic carbocycles. The minimum absolute atomic E-state index is 0.0737. The van der Waals surface area contributed by atoms with Crippen molar-refractivity contribution >= 4 is 17.3 Å². The van der Waals surface area contributed by atoms with Crippen molar-refractivity contribution in [1.29, 1.82) is 0 Å². The Kier molecular flexibility index (Phi) is 4.69. The molecule has 1 heterocycles. The summed E-state index contributed by atoms with van der Waals surface area (Å²) in [5, 5.41) is 19.3. The number of nitrogens with zero attached hydrogens (tertiary/aromatic N) is 3. The molecule has 0 saturated carbocycles. The summed E-state index contributed by atoms with van der Waals surface area (Å²) in [7, 11) is 0. The van der Waals surface area contributed by atoms with Gasteiger partial charge in [0, 0.05) is 0 Å². The molecule has 0 aliphatic heterocycles. The zero-order valence-corrected chi connectivity index (χ0v) is 11.5. The average molecular weight is 321 g/mol. The Bertz CT molecular complexity index is 615. The predicted octanol–water partition coefficient (Wildman–Crippen LogP) is 2.55. The van der Waals surface area contributed by atoms with E-state index in [1.54, 1.807) is 6.20 Å². The third-order valence-electron chi connectivity index (χ3n) is 2.67. The SMILES string of the molecule is OCCn1cc(CNc2cc(C(F)(F)F)ccc2Cl)nn1. The van der Waals surface area contributed by atoms with E-state index in [0.29, 0.717) is 12.2 Å². The third kappa shape index (κ3) is 4.08. The van der Waals surface area contributed by atoms with E-state index in [2.05, 4.69) is 15.6 Å². The second-order valence-electron chi connectivity index (χ2n) is 4.24. The van der Waals surface area contributed by atoms with E-state index >= 15 is 0 Å². The number of benzene rings is 1. The van der Waals surface area contributed by atoms with Crippen LogP contribution in [0.5, 0.6) is 0 Å². The Balaban J connectivity index is 2.08. The van der Waals surface area contributed by atoms with Crippen molar-refractivity contribution in [2.75, 3.05) is 11.9 Å². The minimum atomic E-state index is -4.43. The second kappa shape index (κ2) is 6.31. The summed E-state index contributed by atoms with van der Waals surface area (Å²) in [6, 6.07) is 3.06. The first-order valence-corrected chi connectivity index (χ1v) is 6.38. The lowest BCUT2D eigenvalue weighted by Gasteiger charge is -2.11. The molecule has 0 radical (unpaired) electrons. The van der Waals surface area contributed by atoms with Gasteiger partial charge >= 0.3 is 6.18 Å². The van der Waals surface area contributed by atoms with Crippen LogP contribution < -0.4 is 5.32 Å². The number of nitrogens with one attached hydrogen (secondary N) is 1. The Morgan fingerprint density at radius 2 is 2.10 bits per heavy atom. The van der Waals surface area contributed by atoms with Crippen molar-refractivity contribution in [2.45, 2.75) is 19.3 Å². The van der Waals surface area contributed by atoms with Gasteiger partial charge in [-0.2, -0.15) is 13.2 Å². The van der Waals surface area contributed by atoms with Crippen LogP contribution in [-0.2, 0) is 19.3 Å². The first kappa shape index (κ1) is 15.6. The number of aromatic nitrogens is 3. The number of aliphatic hydroxyl groups is 1. The van der Waals surface area contributed by atoms with Crippen LogP contribution in [-0.4, -0.2) is 26.7 Å². The molecule has 0 aliphatic rings. The van der Waals surface area contributed by atoms with Gasteiger partial charge in [0.2, 0.25) is 0 Å². The summed E-state index contributed by atoms with van der Waals surface area (Å²) >= 11 is 5.86. The molecule has 0 saturated heterocycles. The van der Waals surface area contributed by atoms with Crippen LogP contribution in [0.4, 0.5) is 18.9 Å². The molecule has 0 spiro atoms. The van der Waals surface area contributed by atoms with Gasteiger partial charge in [-0.25, -0.2) is 4.68 Å². The summed E-state index contributed by atoms with van der Waals surface area (Å²) in [5.74, 6) is 0. The van der Waals surface area contributed by atoms with Gasteiger partial charge in [0.05, 0.1) is 42.2 Å². The normalized spacial score (nSPS) is 11.7. The molecular weight excluding hydrogens is 309 g/mol. The van der Waals surface area contributed by atoms with Gasteiger partial charge in [0.1, 0.15) is 5.69 Å². The molecule has 0 fully saturated rings. The molecule has 0 unspecified atom stereocenters. The van der Waals surface area contributed by atoms with E-state index in [0.717, 1.165) is 12.1 Å². The van der Waals surface area contributed by atoms with Crippen LogP contribution in [0, 0.1) is 0 Å². The Morgan fingerprint density at radius 1 is 1.33 bits per heavy atom. The van der Waals surface area contributed by atoms with Crippen molar-refractivity contribution in [3.05, 3.63) is 40.7 Å². The van der Waals surface area contributed by atoms with Gasteiger partial charge in [-0.3, -0.25) is 0 Å². The molecule has 2 N–H and O–H groups in total. The number of anilines is 1. The van der Waals surface area contributed by atoms with E-state index in [1.807, 2.05) is 0 Å². The third-order valence-corrected chi connectivity index (χ3v) is 3.00. The number of alkyl halides is 3. The highest BCUT2D eigenvalue weighted by atomic mass is 35.5. The highest BCUT2D eigenvalue weighted by Gasteiger charge is 2.30. The maximum Gasteiger partial charge on any atom is 0.416 e. The molecule has 0 bridgehead atoms. The zero-order valence-electron chi connectivity index (χ0n) is 10.7. The summed E-state index contributed by atoms with van der Waals surface area (Å²) < 4.78 is 39.3. The summed E-state index contributed by atoms with van der Waals surface area (Å²) in [6.45, 7) is 0.402. The largest absolute Gasteiger partial charge is 0.416 e. The van der Waals surface area contributed by atoms with Gasteiger partial charge in [-0.15, -0.1) is 5.10 Å². The van der Waals surface area contributed by atoms with E-state index in [-0.39, 0.29) is 23.9 Å². The second-order valence-corrected chi connectivity index (χ2v) is 4.65. The highest BCUT2D eigenvalue weighted by Crippen LogP contribution is 2.33. The average Bonchev–Trinajstić information content (AvgIpc) is 2.84. The van der Waals surface area contributed by atoms with Gasteiger partial charge in [-0.05, 0) is 18.2 Å². The quantitative estimate of drug-likeness (QED) is 0.889. The molecule has 1 aromatic carbocycles. The molecule has 1 aromatic heterocycles. The minimum Gasteiger partial charge on any atom is -0.394 e. The fraction of sp³-hybridized carbons (Fsp3) is 0.333. The van der Waals surface area contributed by atoms with Crippen LogP contribution in [0.3, 0.4) is 0 Å². The highest BCUT2D eigenvalue weighted by molar-refractivity contribution is 6.33. The van der Waals surface area contributed by atoms with Gasteiger partial charge in [-0.1, -0.05) is 16.8 Å². The van der Waals surface area contributed by atoms with E-state index in [9.17, 15) is 13.2 Å². The first-order chi connectivity index (χ1) is 9.90. The number of hydrogen-bond donors (Lipinski definition) is 2. The standard InChI is InChI=1S/C12H12ClF3N4O/c13-10-2-1-8(12(14,15)16)5-11(10)17-6-9-7-20(3-4-21)19-18-9/h1-2,5,7,17,21H,3-4,6H2. The molecule has 0 amide bonds.